The van der Waals surface area contributed by atoms with E-state index in [4.69, 9.17) is 0 Å². The number of ether oxygens (including phenoxy) is 1. The lowest BCUT2D eigenvalue weighted by Crippen LogP contribution is -2.21. The minimum Gasteiger partial charge on any atom is -0.465 e. The summed E-state index contributed by atoms with van der Waals surface area (Å²) < 4.78 is 4.45. The normalized spacial score (nSPS) is 10.1. The first-order valence-electron chi connectivity index (χ1n) is 4.93. The van der Waals surface area contributed by atoms with E-state index in [1.54, 1.807) is 11.8 Å². The molecule has 0 saturated heterocycles. The van der Waals surface area contributed by atoms with E-state index in [0.717, 1.165) is 12.2 Å². The van der Waals surface area contributed by atoms with Gasteiger partial charge in [-0.3, -0.25) is 4.79 Å². The van der Waals surface area contributed by atoms with E-state index in [1.165, 1.54) is 13.3 Å². The fraction of sp³-hybridized carbons (Fsp3) is 0.500. The molecule has 5 nitrogen and oxygen atoms in total. The predicted molar refractivity (Wildman–Crippen MR) is 62.7 cm³/mol. The summed E-state index contributed by atoms with van der Waals surface area (Å²) in [5.74, 6) is 1.57. The van der Waals surface area contributed by atoms with Crippen LogP contribution in [0.15, 0.2) is 11.0 Å². The van der Waals surface area contributed by atoms with Gasteiger partial charge in [0, 0.05) is 6.20 Å². The molecule has 1 aromatic heterocycles. The molecule has 0 unspecified atom stereocenters. The second-order valence-corrected chi connectivity index (χ2v) is 4.22. The Labute approximate surface area is 97.6 Å². The standard InChI is InChI=1S/C10H14N2O3S/c1-3-4-16-6-8-11-5-7(9(13)12-8)10(14)15-2/h5H,3-4,6H2,1-2H3,(H,11,12,13). The van der Waals surface area contributed by atoms with E-state index < -0.39 is 11.5 Å². The number of nitrogens with zero attached hydrogens (tertiary/aromatic N) is 1. The Kier molecular flexibility index (Phi) is 5.04. The van der Waals surface area contributed by atoms with Crippen LogP contribution >= 0.6 is 11.8 Å². The Morgan fingerprint density at radius 2 is 2.38 bits per heavy atom. The lowest BCUT2D eigenvalue weighted by Gasteiger charge is -2.01. The molecule has 0 aliphatic carbocycles. The second-order valence-electron chi connectivity index (χ2n) is 3.12. The molecule has 0 fully saturated rings. The van der Waals surface area contributed by atoms with E-state index >= 15 is 0 Å². The maximum Gasteiger partial charge on any atom is 0.345 e. The van der Waals surface area contributed by atoms with Crippen molar-refractivity contribution in [1.82, 2.24) is 9.97 Å². The summed E-state index contributed by atoms with van der Waals surface area (Å²) in [6, 6.07) is 0. The summed E-state index contributed by atoms with van der Waals surface area (Å²) in [6.45, 7) is 2.09. The molecular formula is C10H14N2O3S. The number of carbonyl (C=O) groups excluding carboxylic acids is 1. The number of aromatic amines is 1. The maximum atomic E-state index is 11.5. The van der Waals surface area contributed by atoms with Crippen molar-refractivity contribution in [2.24, 2.45) is 0 Å². The molecule has 1 N–H and O–H groups in total. The highest BCUT2D eigenvalue weighted by atomic mass is 32.2. The van der Waals surface area contributed by atoms with Crippen molar-refractivity contribution in [2.45, 2.75) is 19.1 Å². The molecule has 1 aromatic rings. The molecule has 6 heteroatoms. The van der Waals surface area contributed by atoms with Gasteiger partial charge in [0.05, 0.1) is 12.9 Å². The Bertz CT molecular complexity index is 417. The SMILES string of the molecule is CCCSCc1ncc(C(=O)OC)c(=O)[nH]1. The van der Waals surface area contributed by atoms with Gasteiger partial charge in [-0.2, -0.15) is 11.8 Å². The monoisotopic (exact) mass is 242 g/mol. The number of esters is 1. The molecule has 0 radical (unpaired) electrons. The summed E-state index contributed by atoms with van der Waals surface area (Å²) in [7, 11) is 1.23. The Hall–Kier alpha value is -1.30. The number of hydrogen-bond donors (Lipinski definition) is 1. The third-order valence-electron chi connectivity index (χ3n) is 1.84. The van der Waals surface area contributed by atoms with Gasteiger partial charge in [-0.1, -0.05) is 6.92 Å². The first-order chi connectivity index (χ1) is 7.69. The van der Waals surface area contributed by atoms with E-state index in [2.05, 4.69) is 21.6 Å². The molecule has 0 saturated carbocycles. The third-order valence-corrected chi connectivity index (χ3v) is 3.02. The van der Waals surface area contributed by atoms with Crippen LogP contribution in [0.3, 0.4) is 0 Å². The van der Waals surface area contributed by atoms with Gasteiger partial charge in [0.25, 0.3) is 5.56 Å². The number of methoxy groups -OCH3 is 1. The van der Waals surface area contributed by atoms with Crippen LogP contribution in [0.5, 0.6) is 0 Å². The average molecular weight is 242 g/mol. The summed E-state index contributed by atoms with van der Waals surface area (Å²) in [5.41, 5.74) is -0.513. The molecule has 1 heterocycles. The van der Waals surface area contributed by atoms with Crippen LogP contribution in [0.25, 0.3) is 0 Å². The molecule has 0 bridgehead atoms. The average Bonchev–Trinajstić information content (AvgIpc) is 2.29. The van der Waals surface area contributed by atoms with Gasteiger partial charge < -0.3 is 9.72 Å². The van der Waals surface area contributed by atoms with Crippen molar-refractivity contribution in [2.75, 3.05) is 12.9 Å². The number of carbonyl (C=O) groups is 1. The minimum atomic E-state index is -0.665. The van der Waals surface area contributed by atoms with Crippen molar-refractivity contribution >= 4 is 17.7 Å². The topological polar surface area (TPSA) is 72.0 Å². The van der Waals surface area contributed by atoms with Crippen LogP contribution in [0, 0.1) is 0 Å². The molecule has 16 heavy (non-hydrogen) atoms. The van der Waals surface area contributed by atoms with Gasteiger partial charge in [-0.25, -0.2) is 9.78 Å². The van der Waals surface area contributed by atoms with Crippen molar-refractivity contribution in [3.05, 3.63) is 27.9 Å². The summed E-state index contributed by atoms with van der Waals surface area (Å²) in [5, 5.41) is 0. The molecule has 1 rings (SSSR count). The maximum absolute atomic E-state index is 11.5. The Morgan fingerprint density at radius 3 is 2.94 bits per heavy atom. The van der Waals surface area contributed by atoms with Gasteiger partial charge in [-0.05, 0) is 12.2 Å². The highest BCUT2D eigenvalue weighted by Gasteiger charge is 2.11. The zero-order valence-electron chi connectivity index (χ0n) is 9.28. The number of hydrogen-bond acceptors (Lipinski definition) is 5. The predicted octanol–water partition coefficient (Wildman–Crippen LogP) is 1.20. The molecule has 0 spiro atoms. The van der Waals surface area contributed by atoms with Gasteiger partial charge in [0.2, 0.25) is 0 Å². The van der Waals surface area contributed by atoms with Gasteiger partial charge in [0.15, 0.2) is 0 Å². The van der Waals surface area contributed by atoms with Crippen LogP contribution in [-0.4, -0.2) is 28.8 Å². The van der Waals surface area contributed by atoms with Crippen molar-refractivity contribution in [3.8, 4) is 0 Å². The lowest BCUT2D eigenvalue weighted by molar-refractivity contribution is 0.0598. The van der Waals surface area contributed by atoms with Crippen LogP contribution in [0.4, 0.5) is 0 Å². The number of aromatic nitrogens is 2. The van der Waals surface area contributed by atoms with Crippen molar-refractivity contribution in [1.29, 1.82) is 0 Å². The number of rotatable bonds is 5. The fourth-order valence-electron chi connectivity index (χ4n) is 1.07. The highest BCUT2D eigenvalue weighted by molar-refractivity contribution is 7.98. The summed E-state index contributed by atoms with van der Waals surface area (Å²) in [6.07, 6.45) is 2.33. The molecule has 0 aliphatic heterocycles. The second kappa shape index (κ2) is 6.32. The number of thioether (sulfide) groups is 1. The van der Waals surface area contributed by atoms with E-state index in [0.29, 0.717) is 11.6 Å². The van der Waals surface area contributed by atoms with Crippen LogP contribution in [0.1, 0.15) is 29.5 Å². The fourth-order valence-corrected chi connectivity index (χ4v) is 1.85. The van der Waals surface area contributed by atoms with Crippen molar-refractivity contribution < 1.29 is 9.53 Å². The number of nitrogens with one attached hydrogen (secondary N) is 1. The van der Waals surface area contributed by atoms with Crippen molar-refractivity contribution in [3.63, 3.8) is 0 Å². The Morgan fingerprint density at radius 1 is 1.62 bits per heavy atom. The molecule has 88 valence electrons. The first-order valence-corrected chi connectivity index (χ1v) is 6.08. The van der Waals surface area contributed by atoms with E-state index in [-0.39, 0.29) is 5.56 Å². The molecule has 0 amide bonds. The minimum absolute atomic E-state index is 0.0632. The quantitative estimate of drug-likeness (QED) is 0.620. The lowest BCUT2D eigenvalue weighted by atomic mass is 10.3. The first kappa shape index (κ1) is 12.8. The zero-order chi connectivity index (χ0) is 12.0. The van der Waals surface area contributed by atoms with E-state index in [1.807, 2.05) is 0 Å². The molecule has 0 atom stereocenters. The third kappa shape index (κ3) is 3.37. The number of H-pyrrole nitrogens is 1. The molecule has 0 aromatic carbocycles. The van der Waals surface area contributed by atoms with Gasteiger partial charge in [-0.15, -0.1) is 0 Å². The molecule has 0 aliphatic rings. The van der Waals surface area contributed by atoms with Crippen LogP contribution in [-0.2, 0) is 10.5 Å². The van der Waals surface area contributed by atoms with E-state index in [9.17, 15) is 9.59 Å². The van der Waals surface area contributed by atoms with Gasteiger partial charge >= 0.3 is 5.97 Å². The molecular weight excluding hydrogens is 228 g/mol. The Balaban J connectivity index is 2.75. The highest BCUT2D eigenvalue weighted by Crippen LogP contribution is 2.08. The smallest absolute Gasteiger partial charge is 0.345 e. The zero-order valence-corrected chi connectivity index (χ0v) is 10.1. The summed E-state index contributed by atoms with van der Waals surface area (Å²) >= 11 is 1.69. The van der Waals surface area contributed by atoms with Gasteiger partial charge in [0.1, 0.15) is 11.4 Å². The largest absolute Gasteiger partial charge is 0.465 e. The summed E-state index contributed by atoms with van der Waals surface area (Å²) in [4.78, 5) is 29.2. The van der Waals surface area contributed by atoms with Crippen LogP contribution in [0.2, 0.25) is 0 Å². The van der Waals surface area contributed by atoms with Crippen LogP contribution < -0.4 is 5.56 Å².